The minimum atomic E-state index is -4.78. The van der Waals surface area contributed by atoms with E-state index in [1.165, 1.54) is 13.8 Å². The van der Waals surface area contributed by atoms with Crippen LogP contribution in [0.15, 0.2) is 81.7 Å². The highest BCUT2D eigenvalue weighted by Crippen LogP contribution is 2.44. The Labute approximate surface area is 620 Å². The monoisotopic (exact) mass is 1770 g/mol. The molecule has 4 aromatic carbocycles. The molecule has 2 atom stereocenters. The number of rotatable bonds is 20. The van der Waals surface area contributed by atoms with Gasteiger partial charge in [0.1, 0.15) is 30.7 Å². The van der Waals surface area contributed by atoms with E-state index in [9.17, 15) is 37.4 Å². The van der Waals surface area contributed by atoms with Gasteiger partial charge in [-0.1, -0.05) is 140 Å². The van der Waals surface area contributed by atoms with Crippen LogP contribution in [-0.4, -0.2) is 102 Å². The summed E-state index contributed by atoms with van der Waals surface area (Å²) in [5.41, 5.74) is 4.48. The SMILES string of the molecule is Cc1ccc(NC(=O)c2nn(C(C)OP(=O)(O)O)c(Cl)c2Br)c(Cl)c1.Cc1ccc(NC(=O)c2nn(C(C)OP(=O)(O)O)c(Cl)c2Cl)c(Cl)c1.Cc1ccc(NC(=O)c2nn(COP(=O)(O)O)c(Cl)c2Br)c(Cl)c1.Cc1ccc(NC(=O)c2nn(COP(=O)(O)O)c(Cl)c2Cl)c(Cl)c1. The first-order valence-corrected chi connectivity index (χ1v) is 37.5. The summed E-state index contributed by atoms with van der Waals surface area (Å²) in [6.45, 7) is 8.71. The number of carbonyl (C=O) groups excluding carboxylic acids is 4. The molecule has 0 aliphatic heterocycles. The minimum Gasteiger partial charge on any atom is -0.319 e. The Morgan fingerprint density at radius 1 is 0.418 bits per heavy atom. The number of phosphoric ester groups is 4. The first-order valence-electron chi connectivity index (χ1n) is 26.0. The topological polar surface area (TPSA) is 455 Å². The molecule has 4 heterocycles. The predicted octanol–water partition coefficient (Wildman–Crippen LogP) is 15.2. The third-order valence-electron chi connectivity index (χ3n) is 11.6. The van der Waals surface area contributed by atoms with Crippen molar-refractivity contribution in [1.82, 2.24) is 39.1 Å². The summed E-state index contributed by atoms with van der Waals surface area (Å²) < 4.78 is 64.8. The molecule has 32 nitrogen and oxygen atoms in total. The van der Waals surface area contributed by atoms with Gasteiger partial charge in [-0.05, 0) is 144 Å². The fraction of sp³-hybridized carbons (Fsp3) is 0.200. The van der Waals surface area contributed by atoms with E-state index in [1.807, 2.05) is 27.7 Å². The first kappa shape index (κ1) is 84.6. The fourth-order valence-corrected chi connectivity index (χ4v) is 12.1. The van der Waals surface area contributed by atoms with Crippen LogP contribution in [0.1, 0.15) is 90.5 Å². The third-order valence-corrected chi connectivity index (χ3v) is 19.3. The summed E-state index contributed by atoms with van der Waals surface area (Å²) in [6.07, 6.45) is -2.45. The van der Waals surface area contributed by atoms with E-state index in [-0.39, 0.29) is 62.4 Å². The molecule has 8 rings (SSSR count). The van der Waals surface area contributed by atoms with Crippen molar-refractivity contribution in [3.05, 3.63) is 178 Å². The van der Waals surface area contributed by atoms with Gasteiger partial charge in [0.15, 0.2) is 48.7 Å². The van der Waals surface area contributed by atoms with Gasteiger partial charge in [0, 0.05) is 0 Å². The molecule has 0 radical (unpaired) electrons. The molecule has 4 amide bonds. The van der Waals surface area contributed by atoms with Crippen LogP contribution < -0.4 is 21.3 Å². The van der Waals surface area contributed by atoms with Crippen LogP contribution in [0.5, 0.6) is 0 Å². The highest BCUT2D eigenvalue weighted by Gasteiger charge is 2.31. The summed E-state index contributed by atoms with van der Waals surface area (Å²) in [6, 6.07) is 20.3. The maximum absolute atomic E-state index is 12.4. The highest BCUT2D eigenvalue weighted by molar-refractivity contribution is 9.11. The molecule has 12 N–H and O–H groups in total. The van der Waals surface area contributed by atoms with Gasteiger partial charge in [0.05, 0.1) is 51.8 Å². The van der Waals surface area contributed by atoms with Gasteiger partial charge in [0.25, 0.3) is 23.6 Å². The van der Waals surface area contributed by atoms with Gasteiger partial charge in [-0.15, -0.1) is 0 Å². The third kappa shape index (κ3) is 25.1. The summed E-state index contributed by atoms with van der Waals surface area (Å²) in [5, 5.41) is 26.2. The van der Waals surface area contributed by atoms with E-state index in [0.717, 1.165) is 41.0 Å². The number of benzene rings is 4. The van der Waals surface area contributed by atoms with E-state index in [0.29, 0.717) is 42.8 Å². The van der Waals surface area contributed by atoms with Crippen LogP contribution in [0.2, 0.25) is 50.7 Å². The van der Waals surface area contributed by atoms with Gasteiger partial charge in [-0.25, -0.2) is 37.0 Å². The molecular formula is C50H48Br2Cl10N12O20P4. The van der Waals surface area contributed by atoms with E-state index >= 15 is 0 Å². The zero-order chi connectivity index (χ0) is 74.0. The largest absolute Gasteiger partial charge is 0.471 e. The number of hydrogen-bond donors (Lipinski definition) is 12. The normalized spacial score (nSPS) is 12.3. The standard InChI is InChI=1S/C13H13BrCl2N3O5P.C13H13Cl3N3O5P.C12H11BrCl2N3O5P.C12H11Cl3N3O5P/c1-6-3-4-9(8(15)5-6)17-13(20)11-10(14)12(16)19(18-11)7(2)24-25(21,22)23;1-6-3-4-9(8(14)5-6)17-13(20)11-10(15)12(16)19(18-11)7(2)24-25(21,22)23;1-6-2-3-8(7(14)4-6)16-12(19)10-9(13)11(15)18(17-10)5-23-24(20,21)22;1-6-2-3-8(7(13)4-6)16-12(19)10-9(14)11(15)18(17-10)5-23-24(20,21)22/h2*3-5,7H,1-2H3,(H,17,20)(H2,21,22,23);2*2-4H,5H2,1H3,(H,16,19)(H2,20,21,22). The molecule has 0 aliphatic rings. The van der Waals surface area contributed by atoms with E-state index in [2.05, 4.69) is 91.6 Å². The Morgan fingerprint density at radius 3 is 1.01 bits per heavy atom. The maximum Gasteiger partial charge on any atom is 0.471 e. The second-order valence-corrected chi connectivity index (χ2v) is 29.6. The summed E-state index contributed by atoms with van der Waals surface area (Å²) >= 11 is 66.2. The van der Waals surface area contributed by atoms with Crippen LogP contribution in [0, 0.1) is 27.7 Å². The quantitative estimate of drug-likeness (QED) is 0.0315. The Morgan fingerprint density at radius 2 is 0.684 bits per heavy atom. The minimum absolute atomic E-state index is 0.0522. The summed E-state index contributed by atoms with van der Waals surface area (Å²) in [7, 11) is -19.0. The molecule has 0 saturated carbocycles. The van der Waals surface area contributed by atoms with Crippen molar-refractivity contribution in [2.45, 2.75) is 67.5 Å². The molecule has 4 aromatic heterocycles. The average Bonchev–Trinajstić information content (AvgIpc) is 1.68. The Balaban J connectivity index is 0.000000236. The van der Waals surface area contributed by atoms with E-state index in [4.69, 9.17) is 155 Å². The van der Waals surface area contributed by atoms with Crippen LogP contribution >= 0.6 is 179 Å². The number of aryl methyl sites for hydroxylation is 4. The molecule has 0 spiro atoms. The van der Waals surface area contributed by atoms with Crippen molar-refractivity contribution < 1.29 is 94.7 Å². The zero-order valence-electron chi connectivity index (χ0n) is 49.9. The van der Waals surface area contributed by atoms with Crippen molar-refractivity contribution >= 4 is 226 Å². The first-order chi connectivity index (χ1) is 45.1. The lowest BCUT2D eigenvalue weighted by atomic mass is 10.2. The van der Waals surface area contributed by atoms with Gasteiger partial charge in [-0.3, -0.25) is 37.3 Å². The molecule has 0 saturated heterocycles. The molecule has 98 heavy (non-hydrogen) atoms. The fourth-order valence-electron chi connectivity index (χ4n) is 7.22. The number of nitrogens with one attached hydrogen (secondary N) is 4. The molecule has 0 fully saturated rings. The van der Waals surface area contributed by atoms with Crippen molar-refractivity contribution in [3.63, 3.8) is 0 Å². The number of halogens is 12. The molecule has 8 aromatic rings. The number of anilines is 4. The van der Waals surface area contributed by atoms with Crippen molar-refractivity contribution in [2.75, 3.05) is 21.3 Å². The van der Waals surface area contributed by atoms with Crippen LogP contribution in [-0.2, 0) is 49.8 Å². The smallest absolute Gasteiger partial charge is 0.319 e. The molecule has 48 heteroatoms. The van der Waals surface area contributed by atoms with Gasteiger partial charge in [-0.2, -0.15) is 20.4 Å². The Kier molecular flexibility index (Phi) is 30.9. The van der Waals surface area contributed by atoms with Gasteiger partial charge < -0.3 is 60.4 Å². The van der Waals surface area contributed by atoms with Crippen LogP contribution in [0.25, 0.3) is 0 Å². The summed E-state index contributed by atoms with van der Waals surface area (Å²) in [5.74, 6) is -2.60. The molecule has 0 bridgehead atoms. The number of phosphoric acid groups is 4. The lowest BCUT2D eigenvalue weighted by Crippen LogP contribution is -2.15. The van der Waals surface area contributed by atoms with E-state index < -0.39 is 80.8 Å². The molecular weight excluding hydrogens is 1730 g/mol. The number of hydrogen-bond acceptors (Lipinski definition) is 16. The van der Waals surface area contributed by atoms with Crippen LogP contribution in [0.3, 0.4) is 0 Å². The maximum atomic E-state index is 12.4. The zero-order valence-corrected chi connectivity index (χ0v) is 64.2. The predicted molar refractivity (Wildman–Crippen MR) is 373 cm³/mol. The van der Waals surface area contributed by atoms with E-state index in [1.54, 1.807) is 72.8 Å². The van der Waals surface area contributed by atoms with Crippen molar-refractivity contribution in [1.29, 1.82) is 0 Å². The average molecular weight is 1780 g/mol. The van der Waals surface area contributed by atoms with Crippen LogP contribution in [0.4, 0.5) is 22.7 Å². The Hall–Kier alpha value is -4.10. The second kappa shape index (κ2) is 35.9. The molecule has 532 valence electrons. The van der Waals surface area contributed by atoms with Crippen molar-refractivity contribution in [3.8, 4) is 0 Å². The molecule has 0 aliphatic carbocycles. The lowest BCUT2D eigenvalue weighted by Gasteiger charge is -2.14. The van der Waals surface area contributed by atoms with Crippen molar-refractivity contribution in [2.24, 2.45) is 0 Å². The number of carbonyl (C=O) groups is 4. The number of nitrogens with zero attached hydrogens (tertiary/aromatic N) is 8. The highest BCUT2D eigenvalue weighted by atomic mass is 79.9. The number of aromatic nitrogens is 8. The summed E-state index contributed by atoms with van der Waals surface area (Å²) in [4.78, 5) is 120. The van der Waals surface area contributed by atoms with Gasteiger partial charge in [0.2, 0.25) is 0 Å². The second-order valence-electron chi connectivity index (χ2n) is 19.3. The Bertz CT molecular complexity index is 4250. The lowest BCUT2D eigenvalue weighted by molar-refractivity contribution is 0.0860. The molecule has 2 unspecified atom stereocenters. The number of amides is 4. The van der Waals surface area contributed by atoms with Gasteiger partial charge >= 0.3 is 31.3 Å².